The molecule has 2 aromatic heterocycles. The van der Waals surface area contributed by atoms with Gasteiger partial charge in [0.05, 0.1) is 18.0 Å². The van der Waals surface area contributed by atoms with Crippen LogP contribution in [-0.4, -0.2) is 52.0 Å². The van der Waals surface area contributed by atoms with E-state index in [0.717, 1.165) is 12.5 Å². The number of pyridine rings is 2. The molecule has 1 N–H and O–H groups in total. The summed E-state index contributed by atoms with van der Waals surface area (Å²) >= 11 is 0. The molecule has 2 amide bonds. The van der Waals surface area contributed by atoms with E-state index in [2.05, 4.69) is 15.3 Å². The summed E-state index contributed by atoms with van der Waals surface area (Å²) in [5.41, 5.74) is 0.891. The highest BCUT2D eigenvalue weighted by atomic mass is 19.1. The number of halogens is 1. The van der Waals surface area contributed by atoms with Gasteiger partial charge in [-0.2, -0.15) is 4.39 Å². The zero-order chi connectivity index (χ0) is 18.8. The lowest BCUT2D eigenvalue weighted by Gasteiger charge is -2.34. The number of piperidine rings is 1. The molecule has 0 radical (unpaired) electrons. The second kappa shape index (κ2) is 7.40. The molecular formula is C19H19FN4O3. The summed E-state index contributed by atoms with van der Waals surface area (Å²) in [6.07, 6.45) is 5.13. The van der Waals surface area contributed by atoms with E-state index in [1.54, 1.807) is 29.4 Å². The van der Waals surface area contributed by atoms with Gasteiger partial charge < -0.3 is 15.0 Å². The molecule has 4 rings (SSSR count). The quantitative estimate of drug-likeness (QED) is 0.834. The van der Waals surface area contributed by atoms with Crippen LogP contribution in [0.15, 0.2) is 42.9 Å². The van der Waals surface area contributed by atoms with Crippen LogP contribution in [-0.2, 0) is 9.53 Å². The summed E-state index contributed by atoms with van der Waals surface area (Å²) in [4.78, 5) is 34.1. The van der Waals surface area contributed by atoms with E-state index in [-0.39, 0.29) is 29.4 Å². The van der Waals surface area contributed by atoms with Gasteiger partial charge in [-0.25, -0.2) is 4.98 Å². The fraction of sp³-hybridized carbons (Fsp3) is 0.368. The zero-order valence-corrected chi connectivity index (χ0v) is 14.5. The number of rotatable bonds is 3. The molecule has 0 aromatic carbocycles. The molecule has 3 atom stereocenters. The number of likely N-dealkylation sites (tertiary alicyclic amines) is 1. The van der Waals surface area contributed by atoms with Crippen molar-refractivity contribution in [1.29, 1.82) is 0 Å². The SMILES string of the molecule is O=C(Nc1cccnc1)[C@H]1C[C@@H]2CCN(C(=O)c3ccnc(F)c3)C[C@@H]2O1. The standard InChI is InChI=1S/C19H19FN4O3/c20-17-9-13(3-6-22-17)19(26)24-7-4-12-8-15(27-16(12)11-24)18(25)23-14-2-1-5-21-10-14/h1-3,5-6,9-10,12,15-16H,4,7-8,11H2,(H,23,25)/t12-,15+,16-/m0/s1. The maximum atomic E-state index is 13.3. The van der Waals surface area contributed by atoms with E-state index < -0.39 is 12.1 Å². The molecule has 0 saturated carbocycles. The molecule has 0 spiro atoms. The molecular weight excluding hydrogens is 351 g/mol. The molecule has 0 bridgehead atoms. The smallest absolute Gasteiger partial charge is 0.254 e. The van der Waals surface area contributed by atoms with Crippen LogP contribution in [0.1, 0.15) is 23.2 Å². The largest absolute Gasteiger partial charge is 0.363 e. The molecule has 2 aliphatic heterocycles. The minimum atomic E-state index is -0.681. The van der Waals surface area contributed by atoms with Crippen molar-refractivity contribution in [3.8, 4) is 0 Å². The van der Waals surface area contributed by atoms with Gasteiger partial charge >= 0.3 is 0 Å². The Bertz CT molecular complexity index is 848. The molecule has 8 heteroatoms. The first-order chi connectivity index (χ1) is 13.1. The topological polar surface area (TPSA) is 84.4 Å². The van der Waals surface area contributed by atoms with Gasteiger partial charge in [-0.15, -0.1) is 0 Å². The van der Waals surface area contributed by atoms with Gasteiger partial charge in [-0.3, -0.25) is 14.6 Å². The molecule has 0 unspecified atom stereocenters. The Balaban J connectivity index is 1.38. The number of carbonyl (C=O) groups excluding carboxylic acids is 2. The van der Waals surface area contributed by atoms with Crippen molar-refractivity contribution in [2.24, 2.45) is 5.92 Å². The molecule has 7 nitrogen and oxygen atoms in total. The number of anilines is 1. The summed E-state index contributed by atoms with van der Waals surface area (Å²) in [5.74, 6) is -0.902. The van der Waals surface area contributed by atoms with Gasteiger partial charge in [0.15, 0.2) is 0 Å². The highest BCUT2D eigenvalue weighted by Crippen LogP contribution is 2.34. The van der Waals surface area contributed by atoms with Gasteiger partial charge in [0.2, 0.25) is 5.95 Å². The normalized spacial score (nSPS) is 24.3. The first kappa shape index (κ1) is 17.5. The number of fused-ring (bicyclic) bond motifs is 1. The van der Waals surface area contributed by atoms with E-state index >= 15 is 0 Å². The maximum absolute atomic E-state index is 13.3. The van der Waals surface area contributed by atoms with E-state index in [0.29, 0.717) is 25.2 Å². The molecule has 2 aromatic rings. The number of amides is 2. The van der Waals surface area contributed by atoms with Crippen molar-refractivity contribution in [2.45, 2.75) is 25.0 Å². The number of ether oxygens (including phenoxy) is 1. The molecule has 0 aliphatic carbocycles. The third-order valence-electron chi connectivity index (χ3n) is 5.03. The Morgan fingerprint density at radius 2 is 2.19 bits per heavy atom. The van der Waals surface area contributed by atoms with Gasteiger partial charge in [-0.05, 0) is 37.0 Å². The van der Waals surface area contributed by atoms with Crippen LogP contribution in [0.4, 0.5) is 10.1 Å². The van der Waals surface area contributed by atoms with Crippen LogP contribution in [0.2, 0.25) is 0 Å². The molecule has 4 heterocycles. The molecule has 2 aliphatic rings. The summed E-state index contributed by atoms with van der Waals surface area (Å²) in [6.45, 7) is 0.953. The summed E-state index contributed by atoms with van der Waals surface area (Å²) in [6, 6.07) is 6.14. The lowest BCUT2D eigenvalue weighted by Crippen LogP contribution is -2.45. The minimum Gasteiger partial charge on any atom is -0.363 e. The highest BCUT2D eigenvalue weighted by molar-refractivity contribution is 5.95. The monoisotopic (exact) mass is 370 g/mol. The summed E-state index contributed by atoms with van der Waals surface area (Å²) in [5, 5.41) is 2.80. The van der Waals surface area contributed by atoms with E-state index in [1.807, 2.05) is 0 Å². The van der Waals surface area contributed by atoms with Crippen LogP contribution in [0.3, 0.4) is 0 Å². The van der Waals surface area contributed by atoms with E-state index in [9.17, 15) is 14.0 Å². The number of nitrogens with one attached hydrogen (secondary N) is 1. The maximum Gasteiger partial charge on any atom is 0.254 e. The Kier molecular flexibility index (Phi) is 4.81. The van der Waals surface area contributed by atoms with Gasteiger partial charge in [-0.1, -0.05) is 0 Å². The lowest BCUT2D eigenvalue weighted by molar-refractivity contribution is -0.127. The third-order valence-corrected chi connectivity index (χ3v) is 5.03. The average molecular weight is 370 g/mol. The fourth-order valence-corrected chi connectivity index (χ4v) is 3.66. The van der Waals surface area contributed by atoms with Crippen LogP contribution >= 0.6 is 0 Å². The fourth-order valence-electron chi connectivity index (χ4n) is 3.66. The number of aromatic nitrogens is 2. The first-order valence-corrected chi connectivity index (χ1v) is 8.87. The Labute approximate surface area is 155 Å². The van der Waals surface area contributed by atoms with E-state index in [4.69, 9.17) is 4.74 Å². The molecule has 140 valence electrons. The first-order valence-electron chi connectivity index (χ1n) is 8.87. The van der Waals surface area contributed by atoms with Crippen LogP contribution < -0.4 is 5.32 Å². The highest BCUT2D eigenvalue weighted by Gasteiger charge is 2.42. The Hall–Kier alpha value is -2.87. The summed E-state index contributed by atoms with van der Waals surface area (Å²) in [7, 11) is 0. The van der Waals surface area contributed by atoms with Gasteiger partial charge in [0.1, 0.15) is 6.10 Å². The van der Waals surface area contributed by atoms with Gasteiger partial charge in [0, 0.05) is 37.1 Å². The molecule has 27 heavy (non-hydrogen) atoms. The van der Waals surface area contributed by atoms with Crippen LogP contribution in [0, 0.1) is 11.9 Å². The van der Waals surface area contributed by atoms with Crippen LogP contribution in [0.25, 0.3) is 0 Å². The number of nitrogens with zero attached hydrogens (tertiary/aromatic N) is 3. The Morgan fingerprint density at radius 1 is 1.30 bits per heavy atom. The molecule has 2 fully saturated rings. The van der Waals surface area contributed by atoms with Crippen molar-refractivity contribution in [1.82, 2.24) is 14.9 Å². The second-order valence-corrected chi connectivity index (χ2v) is 6.80. The third kappa shape index (κ3) is 3.80. The Morgan fingerprint density at radius 3 is 2.96 bits per heavy atom. The predicted octanol–water partition coefficient (Wildman–Crippen LogP) is 1.87. The predicted molar refractivity (Wildman–Crippen MR) is 94.4 cm³/mol. The number of hydrogen-bond donors (Lipinski definition) is 1. The average Bonchev–Trinajstić information content (AvgIpc) is 3.12. The van der Waals surface area contributed by atoms with Crippen molar-refractivity contribution >= 4 is 17.5 Å². The second-order valence-electron chi connectivity index (χ2n) is 6.80. The number of hydrogen-bond acceptors (Lipinski definition) is 5. The summed E-state index contributed by atoms with van der Waals surface area (Å²) < 4.78 is 19.2. The lowest BCUT2D eigenvalue weighted by atomic mass is 9.91. The van der Waals surface area contributed by atoms with Gasteiger partial charge in [0.25, 0.3) is 11.8 Å². The zero-order valence-electron chi connectivity index (χ0n) is 14.5. The van der Waals surface area contributed by atoms with Crippen molar-refractivity contribution < 1.29 is 18.7 Å². The van der Waals surface area contributed by atoms with Crippen molar-refractivity contribution in [3.63, 3.8) is 0 Å². The number of carbonyl (C=O) groups is 2. The van der Waals surface area contributed by atoms with Crippen LogP contribution in [0.5, 0.6) is 0 Å². The minimum absolute atomic E-state index is 0.195. The van der Waals surface area contributed by atoms with E-state index in [1.165, 1.54) is 12.3 Å². The van der Waals surface area contributed by atoms with Crippen molar-refractivity contribution in [3.05, 3.63) is 54.4 Å². The molecule has 2 saturated heterocycles. The van der Waals surface area contributed by atoms with Crippen molar-refractivity contribution in [2.75, 3.05) is 18.4 Å².